The van der Waals surface area contributed by atoms with Crippen LogP contribution in [0, 0.1) is 12.8 Å². The summed E-state index contributed by atoms with van der Waals surface area (Å²) < 4.78 is 28.4. The summed E-state index contributed by atoms with van der Waals surface area (Å²) in [5.74, 6) is -0.305. The van der Waals surface area contributed by atoms with Crippen LogP contribution in [0.2, 0.25) is 10.0 Å². The molecule has 0 radical (unpaired) electrons. The SMILES string of the molecule is Cc1ccc(Cl)c2sc(N(CCN(C)C)C(=O)C3CCN(S(=O)(=O)c4ccc(Cl)cc4)CC3)nc12. The Labute approximate surface area is 220 Å². The van der Waals surface area contributed by atoms with Gasteiger partial charge in [-0.3, -0.25) is 9.69 Å². The number of halogens is 2. The minimum atomic E-state index is -3.63. The van der Waals surface area contributed by atoms with Crippen LogP contribution in [0.5, 0.6) is 0 Å². The first-order chi connectivity index (χ1) is 16.6. The summed E-state index contributed by atoms with van der Waals surface area (Å²) >= 11 is 13.7. The van der Waals surface area contributed by atoms with Crippen LogP contribution in [0.4, 0.5) is 5.13 Å². The Morgan fingerprint density at radius 3 is 2.34 bits per heavy atom. The molecule has 0 N–H and O–H groups in total. The van der Waals surface area contributed by atoms with E-state index in [1.807, 2.05) is 38.1 Å². The van der Waals surface area contributed by atoms with Crippen LogP contribution in [0.1, 0.15) is 18.4 Å². The number of sulfonamides is 1. The average Bonchev–Trinajstić information content (AvgIpc) is 3.28. The van der Waals surface area contributed by atoms with Gasteiger partial charge in [-0.15, -0.1) is 0 Å². The fraction of sp³-hybridized carbons (Fsp3) is 0.417. The van der Waals surface area contributed by atoms with Crippen molar-refractivity contribution in [2.24, 2.45) is 5.92 Å². The summed E-state index contributed by atoms with van der Waals surface area (Å²) in [4.78, 5) is 22.4. The molecule has 1 saturated heterocycles. The molecule has 0 atom stereocenters. The van der Waals surface area contributed by atoms with Gasteiger partial charge in [0.2, 0.25) is 15.9 Å². The first-order valence-electron chi connectivity index (χ1n) is 11.4. The summed E-state index contributed by atoms with van der Waals surface area (Å²) in [7, 11) is 0.290. The molecule has 2 heterocycles. The van der Waals surface area contributed by atoms with E-state index in [0.29, 0.717) is 41.1 Å². The molecule has 0 saturated carbocycles. The fourth-order valence-corrected chi connectivity index (χ4v) is 7.07. The van der Waals surface area contributed by atoms with E-state index in [2.05, 4.69) is 0 Å². The second-order valence-corrected chi connectivity index (χ2v) is 12.7. The summed E-state index contributed by atoms with van der Waals surface area (Å²) in [5, 5.41) is 1.73. The zero-order valence-electron chi connectivity index (χ0n) is 19.9. The molecule has 3 aromatic rings. The van der Waals surface area contributed by atoms with E-state index in [1.165, 1.54) is 27.8 Å². The number of likely N-dealkylation sites (N-methyl/N-ethyl adjacent to an activating group) is 1. The van der Waals surface area contributed by atoms with Gasteiger partial charge in [0.25, 0.3) is 0 Å². The third-order valence-corrected chi connectivity index (χ3v) is 9.91. The van der Waals surface area contributed by atoms with Crippen molar-refractivity contribution < 1.29 is 13.2 Å². The molecular formula is C24H28Cl2N4O3S2. The number of piperidine rings is 1. The molecule has 0 spiro atoms. The molecule has 0 aliphatic carbocycles. The van der Waals surface area contributed by atoms with E-state index in [-0.39, 0.29) is 29.8 Å². The van der Waals surface area contributed by atoms with Crippen molar-refractivity contribution in [3.63, 3.8) is 0 Å². The Kier molecular flexibility index (Phi) is 8.05. The number of rotatable bonds is 7. The van der Waals surface area contributed by atoms with Gasteiger partial charge in [0.15, 0.2) is 5.13 Å². The highest BCUT2D eigenvalue weighted by molar-refractivity contribution is 7.89. The van der Waals surface area contributed by atoms with Gasteiger partial charge >= 0.3 is 0 Å². The van der Waals surface area contributed by atoms with E-state index in [0.717, 1.165) is 15.8 Å². The van der Waals surface area contributed by atoms with Gasteiger partial charge in [-0.2, -0.15) is 4.31 Å². The highest BCUT2D eigenvalue weighted by atomic mass is 35.5. The molecule has 0 bridgehead atoms. The van der Waals surface area contributed by atoms with E-state index in [9.17, 15) is 13.2 Å². The maximum absolute atomic E-state index is 13.7. The van der Waals surface area contributed by atoms with Crippen LogP contribution < -0.4 is 4.90 Å². The van der Waals surface area contributed by atoms with Gasteiger partial charge in [0, 0.05) is 37.1 Å². The number of hydrogen-bond donors (Lipinski definition) is 0. The number of amides is 1. The van der Waals surface area contributed by atoms with E-state index < -0.39 is 10.0 Å². The molecule has 1 aliphatic heterocycles. The van der Waals surface area contributed by atoms with Crippen molar-refractivity contribution in [1.29, 1.82) is 0 Å². The van der Waals surface area contributed by atoms with Crippen molar-refractivity contribution >= 4 is 65.8 Å². The molecule has 11 heteroatoms. The summed E-state index contributed by atoms with van der Waals surface area (Å²) in [6.45, 7) is 3.72. The quantitative estimate of drug-likeness (QED) is 0.415. The van der Waals surface area contributed by atoms with Crippen molar-refractivity contribution in [2.45, 2.75) is 24.7 Å². The first kappa shape index (κ1) is 26.3. The Hall–Kier alpha value is -1.75. The van der Waals surface area contributed by atoms with Crippen LogP contribution >= 0.6 is 34.5 Å². The third kappa shape index (κ3) is 5.65. The first-order valence-corrected chi connectivity index (χ1v) is 14.4. The minimum Gasteiger partial charge on any atom is -0.308 e. The maximum atomic E-state index is 13.7. The predicted molar refractivity (Wildman–Crippen MR) is 143 cm³/mol. The lowest BCUT2D eigenvalue weighted by Crippen LogP contribution is -2.46. The molecule has 1 aromatic heterocycles. The Balaban J connectivity index is 1.53. The van der Waals surface area contributed by atoms with Crippen molar-refractivity contribution in [3.8, 4) is 0 Å². The number of fused-ring (bicyclic) bond motifs is 1. The molecule has 7 nitrogen and oxygen atoms in total. The number of nitrogens with zero attached hydrogens (tertiary/aromatic N) is 4. The van der Waals surface area contributed by atoms with Gasteiger partial charge < -0.3 is 4.90 Å². The minimum absolute atomic E-state index is 0.0248. The molecular weight excluding hydrogens is 527 g/mol. The van der Waals surface area contributed by atoms with Gasteiger partial charge in [0.1, 0.15) is 0 Å². The number of anilines is 1. The molecule has 188 valence electrons. The number of aromatic nitrogens is 1. The predicted octanol–water partition coefficient (Wildman–Crippen LogP) is 4.91. The second kappa shape index (κ2) is 10.7. The Morgan fingerprint density at radius 1 is 1.09 bits per heavy atom. The van der Waals surface area contributed by atoms with Crippen LogP contribution in [0.15, 0.2) is 41.3 Å². The number of carbonyl (C=O) groups is 1. The normalized spacial score (nSPS) is 15.7. The van der Waals surface area contributed by atoms with Gasteiger partial charge in [-0.05, 0) is 69.8 Å². The molecule has 2 aromatic carbocycles. The number of carbonyl (C=O) groups excluding carboxylic acids is 1. The lowest BCUT2D eigenvalue weighted by atomic mass is 9.96. The molecule has 1 fully saturated rings. The zero-order chi connectivity index (χ0) is 25.3. The van der Waals surface area contributed by atoms with Crippen LogP contribution in [-0.2, 0) is 14.8 Å². The number of aryl methyl sites for hydroxylation is 1. The number of benzene rings is 2. The largest absolute Gasteiger partial charge is 0.308 e. The van der Waals surface area contributed by atoms with E-state index in [1.54, 1.807) is 17.0 Å². The highest BCUT2D eigenvalue weighted by Gasteiger charge is 2.35. The number of thiazole rings is 1. The second-order valence-electron chi connectivity index (χ2n) is 8.96. The maximum Gasteiger partial charge on any atom is 0.243 e. The van der Waals surface area contributed by atoms with Crippen molar-refractivity contribution in [3.05, 3.63) is 52.0 Å². The topological polar surface area (TPSA) is 73.8 Å². The molecule has 1 aliphatic rings. The Morgan fingerprint density at radius 2 is 1.74 bits per heavy atom. The lowest BCUT2D eigenvalue weighted by molar-refractivity contribution is -0.123. The van der Waals surface area contributed by atoms with Gasteiger partial charge in [0.05, 0.1) is 20.1 Å². The highest BCUT2D eigenvalue weighted by Crippen LogP contribution is 2.37. The van der Waals surface area contributed by atoms with E-state index >= 15 is 0 Å². The lowest BCUT2D eigenvalue weighted by Gasteiger charge is -2.33. The summed E-state index contributed by atoms with van der Waals surface area (Å²) in [5.41, 5.74) is 1.82. The van der Waals surface area contributed by atoms with Crippen molar-refractivity contribution in [2.75, 3.05) is 45.2 Å². The average molecular weight is 556 g/mol. The van der Waals surface area contributed by atoms with E-state index in [4.69, 9.17) is 28.2 Å². The smallest absolute Gasteiger partial charge is 0.243 e. The third-order valence-electron chi connectivity index (χ3n) is 6.21. The molecule has 4 rings (SSSR count). The zero-order valence-corrected chi connectivity index (χ0v) is 23.0. The van der Waals surface area contributed by atoms with Crippen molar-refractivity contribution in [1.82, 2.24) is 14.2 Å². The summed E-state index contributed by atoms with van der Waals surface area (Å²) in [6, 6.07) is 9.94. The van der Waals surface area contributed by atoms with Gasteiger partial charge in [-0.25, -0.2) is 13.4 Å². The number of hydrogen-bond acceptors (Lipinski definition) is 6. The van der Waals surface area contributed by atoms with Crippen LogP contribution in [0.3, 0.4) is 0 Å². The van der Waals surface area contributed by atoms with Gasteiger partial charge in [-0.1, -0.05) is 40.6 Å². The van der Waals surface area contributed by atoms with Crippen LogP contribution in [-0.4, -0.2) is 68.8 Å². The summed E-state index contributed by atoms with van der Waals surface area (Å²) in [6.07, 6.45) is 0.906. The molecule has 0 unspecified atom stereocenters. The Bertz CT molecular complexity index is 1280. The standard InChI is InChI=1S/C24H28Cl2N4O3S2/c1-16-4-9-20(26)22-21(16)27-24(34-22)30(15-14-28(2)3)23(31)17-10-12-29(13-11-17)35(32,33)19-7-5-18(25)6-8-19/h4-9,17H,10-15H2,1-3H3. The molecule has 1 amide bonds. The van der Waals surface area contributed by atoms with Crippen LogP contribution in [0.25, 0.3) is 10.2 Å². The fourth-order valence-electron chi connectivity index (χ4n) is 4.13. The monoisotopic (exact) mass is 554 g/mol. The molecule has 35 heavy (non-hydrogen) atoms.